The van der Waals surface area contributed by atoms with Gasteiger partial charge in [-0.3, -0.25) is 9.36 Å². The molecule has 0 aliphatic heterocycles. The Hall–Kier alpha value is -3.37. The number of imidazole rings is 1. The molecular weight excluding hydrogens is 435 g/mol. The van der Waals surface area contributed by atoms with E-state index < -0.39 is 23.1 Å². The number of anilines is 3. The fourth-order valence-electron chi connectivity index (χ4n) is 4.52. The molecule has 0 spiro atoms. The standard InChI is InChI=1S/C22H24F3N7O/c23-12-8-15(24)18(16(25)9-12)30-22-29-17-10-27-21(28-13-2-1-3-13)31-20(17)32(22)14-6-4-11(5-7-14)19(26)33/h8-11,13-14H,1-7H2,(H2,26,33)(H,29,30)(H,27,28,31)/t11-,14+. The molecule has 0 radical (unpaired) electrons. The Kier molecular flexibility index (Phi) is 5.55. The van der Waals surface area contributed by atoms with Crippen molar-refractivity contribution in [3.8, 4) is 0 Å². The van der Waals surface area contributed by atoms with Gasteiger partial charge in [0.05, 0.1) is 6.20 Å². The van der Waals surface area contributed by atoms with Crippen LogP contribution in [0.15, 0.2) is 18.3 Å². The second-order valence-corrected chi connectivity index (χ2v) is 8.76. The zero-order valence-corrected chi connectivity index (χ0v) is 17.8. The van der Waals surface area contributed by atoms with Gasteiger partial charge in [-0.05, 0) is 44.9 Å². The van der Waals surface area contributed by atoms with Crippen LogP contribution in [0.1, 0.15) is 51.0 Å². The van der Waals surface area contributed by atoms with Crippen molar-refractivity contribution in [2.24, 2.45) is 11.7 Å². The van der Waals surface area contributed by atoms with Crippen molar-refractivity contribution in [3.05, 3.63) is 35.8 Å². The number of fused-ring (bicyclic) bond motifs is 1. The summed E-state index contributed by atoms with van der Waals surface area (Å²) in [7, 11) is 0. The SMILES string of the molecule is NC(=O)[C@H]1CC[C@@H](n2c(Nc3c(F)cc(F)cc3F)nc3cnc(NC4CCC4)nc32)CC1. The zero-order chi connectivity index (χ0) is 23.1. The van der Waals surface area contributed by atoms with Gasteiger partial charge in [0.25, 0.3) is 0 Å². The Morgan fingerprint density at radius 2 is 1.73 bits per heavy atom. The maximum atomic E-state index is 14.4. The number of nitrogens with zero attached hydrogens (tertiary/aromatic N) is 4. The van der Waals surface area contributed by atoms with E-state index in [1.54, 1.807) is 10.8 Å². The average Bonchev–Trinajstić information content (AvgIpc) is 3.10. The van der Waals surface area contributed by atoms with Gasteiger partial charge < -0.3 is 16.4 Å². The largest absolute Gasteiger partial charge is 0.369 e. The smallest absolute Gasteiger partial charge is 0.224 e. The first-order valence-corrected chi connectivity index (χ1v) is 11.1. The van der Waals surface area contributed by atoms with E-state index >= 15 is 0 Å². The summed E-state index contributed by atoms with van der Waals surface area (Å²) < 4.78 is 43.9. The highest BCUT2D eigenvalue weighted by atomic mass is 19.1. The van der Waals surface area contributed by atoms with E-state index in [1.165, 1.54) is 0 Å². The van der Waals surface area contributed by atoms with Gasteiger partial charge in [-0.1, -0.05) is 0 Å². The molecule has 2 aliphatic carbocycles. The van der Waals surface area contributed by atoms with Crippen LogP contribution in [0.4, 0.5) is 30.8 Å². The van der Waals surface area contributed by atoms with Gasteiger partial charge in [-0.15, -0.1) is 0 Å². The van der Waals surface area contributed by atoms with E-state index in [9.17, 15) is 18.0 Å². The number of primary amides is 1. The minimum atomic E-state index is -1.07. The summed E-state index contributed by atoms with van der Waals surface area (Å²) in [5.41, 5.74) is 5.94. The monoisotopic (exact) mass is 459 g/mol. The minimum absolute atomic E-state index is 0.119. The van der Waals surface area contributed by atoms with Crippen molar-refractivity contribution in [2.75, 3.05) is 10.6 Å². The molecule has 8 nitrogen and oxygen atoms in total. The topological polar surface area (TPSA) is 111 Å². The van der Waals surface area contributed by atoms with Gasteiger partial charge in [-0.2, -0.15) is 4.98 Å². The highest BCUT2D eigenvalue weighted by Gasteiger charge is 2.30. The molecule has 0 unspecified atom stereocenters. The summed E-state index contributed by atoms with van der Waals surface area (Å²) in [5.74, 6) is -3.04. The van der Waals surface area contributed by atoms with E-state index in [0.717, 1.165) is 19.3 Å². The first-order chi connectivity index (χ1) is 15.9. The van der Waals surface area contributed by atoms with Crippen molar-refractivity contribution in [1.82, 2.24) is 19.5 Å². The van der Waals surface area contributed by atoms with Crippen LogP contribution in [0.5, 0.6) is 0 Å². The quantitative estimate of drug-likeness (QED) is 0.510. The third kappa shape index (κ3) is 4.19. The molecule has 5 rings (SSSR count). The maximum Gasteiger partial charge on any atom is 0.224 e. The highest BCUT2D eigenvalue weighted by Crippen LogP contribution is 2.37. The summed E-state index contributed by atoms with van der Waals surface area (Å²) >= 11 is 0. The second-order valence-electron chi connectivity index (χ2n) is 8.76. The van der Waals surface area contributed by atoms with Crippen molar-refractivity contribution in [3.63, 3.8) is 0 Å². The molecular formula is C22H24F3N7O. The summed E-state index contributed by atoms with van der Waals surface area (Å²) in [4.78, 5) is 25.1. The first kappa shape index (κ1) is 21.5. The molecule has 2 heterocycles. The number of nitrogens with one attached hydrogen (secondary N) is 2. The number of hydrogen-bond acceptors (Lipinski definition) is 6. The van der Waals surface area contributed by atoms with E-state index in [2.05, 4.69) is 25.6 Å². The molecule has 2 aliphatic rings. The molecule has 1 aromatic carbocycles. The Morgan fingerprint density at radius 1 is 1.03 bits per heavy atom. The van der Waals surface area contributed by atoms with E-state index in [4.69, 9.17) is 5.73 Å². The number of carbonyl (C=O) groups is 1. The molecule has 2 saturated carbocycles. The maximum absolute atomic E-state index is 14.4. The minimum Gasteiger partial charge on any atom is -0.369 e. The Morgan fingerprint density at radius 3 is 2.33 bits per heavy atom. The van der Waals surface area contributed by atoms with Crippen LogP contribution >= 0.6 is 0 Å². The van der Waals surface area contributed by atoms with Crippen molar-refractivity contribution in [1.29, 1.82) is 0 Å². The number of benzene rings is 1. The van der Waals surface area contributed by atoms with Crippen molar-refractivity contribution in [2.45, 2.75) is 57.0 Å². The van der Waals surface area contributed by atoms with Gasteiger partial charge in [-0.25, -0.2) is 23.1 Å². The van der Waals surface area contributed by atoms with Gasteiger partial charge in [0.1, 0.15) is 17.0 Å². The third-order valence-electron chi connectivity index (χ3n) is 6.58. The number of rotatable bonds is 6. The van der Waals surface area contributed by atoms with Crippen LogP contribution in [0, 0.1) is 23.4 Å². The van der Waals surface area contributed by atoms with E-state index in [0.29, 0.717) is 61.0 Å². The number of carbonyl (C=O) groups excluding carboxylic acids is 1. The molecule has 11 heteroatoms. The summed E-state index contributed by atoms with van der Waals surface area (Å²) in [5, 5.41) is 5.99. The first-order valence-electron chi connectivity index (χ1n) is 11.1. The lowest BCUT2D eigenvalue weighted by molar-refractivity contribution is -0.122. The summed E-state index contributed by atoms with van der Waals surface area (Å²) in [6, 6.07) is 1.42. The van der Waals surface area contributed by atoms with E-state index in [1.807, 2.05) is 0 Å². The molecule has 2 aromatic heterocycles. The van der Waals surface area contributed by atoms with Crippen LogP contribution in [0.25, 0.3) is 11.2 Å². The van der Waals surface area contributed by atoms with Gasteiger partial charge in [0, 0.05) is 30.1 Å². The second kappa shape index (κ2) is 8.53. The lowest BCUT2D eigenvalue weighted by atomic mass is 9.85. The molecule has 2 fully saturated rings. The fraction of sp³-hybridized carbons (Fsp3) is 0.455. The highest BCUT2D eigenvalue weighted by molar-refractivity contribution is 5.78. The summed E-state index contributed by atoms with van der Waals surface area (Å²) in [6.07, 6.45) is 7.25. The predicted octanol–water partition coefficient (Wildman–Crippen LogP) is 4.17. The molecule has 33 heavy (non-hydrogen) atoms. The Balaban J connectivity index is 1.54. The third-order valence-corrected chi connectivity index (χ3v) is 6.58. The molecule has 1 amide bonds. The molecule has 3 aromatic rings. The van der Waals surface area contributed by atoms with Crippen LogP contribution < -0.4 is 16.4 Å². The number of nitrogens with two attached hydrogens (primary N) is 1. The number of hydrogen-bond donors (Lipinski definition) is 3. The lowest BCUT2D eigenvalue weighted by Crippen LogP contribution is -2.29. The van der Waals surface area contributed by atoms with Crippen LogP contribution in [0.3, 0.4) is 0 Å². The average molecular weight is 459 g/mol. The normalized spacial score (nSPS) is 21.1. The van der Waals surface area contributed by atoms with Crippen molar-refractivity contribution < 1.29 is 18.0 Å². The lowest BCUT2D eigenvalue weighted by Gasteiger charge is -2.29. The predicted molar refractivity (Wildman–Crippen MR) is 116 cm³/mol. The van der Waals surface area contributed by atoms with Crippen LogP contribution in [0.2, 0.25) is 0 Å². The molecule has 0 bridgehead atoms. The number of amides is 1. The van der Waals surface area contributed by atoms with Gasteiger partial charge in [0.2, 0.25) is 17.8 Å². The fourth-order valence-corrected chi connectivity index (χ4v) is 4.52. The molecule has 4 N–H and O–H groups in total. The molecule has 0 saturated heterocycles. The van der Waals surface area contributed by atoms with Crippen LogP contribution in [-0.4, -0.2) is 31.5 Å². The molecule has 174 valence electrons. The number of halogens is 3. The Labute approximate surface area is 187 Å². The van der Waals surface area contributed by atoms with Gasteiger partial charge >= 0.3 is 0 Å². The van der Waals surface area contributed by atoms with Crippen LogP contribution in [-0.2, 0) is 4.79 Å². The zero-order valence-electron chi connectivity index (χ0n) is 17.8. The van der Waals surface area contributed by atoms with Gasteiger partial charge in [0.15, 0.2) is 17.3 Å². The molecule has 0 atom stereocenters. The Bertz CT molecular complexity index is 1180. The summed E-state index contributed by atoms with van der Waals surface area (Å²) in [6.45, 7) is 0. The number of aromatic nitrogens is 4. The van der Waals surface area contributed by atoms with E-state index in [-0.39, 0.29) is 23.8 Å². The van der Waals surface area contributed by atoms with Crippen molar-refractivity contribution >= 4 is 34.7 Å².